The van der Waals surface area contributed by atoms with Gasteiger partial charge in [0.25, 0.3) is 0 Å². The summed E-state index contributed by atoms with van der Waals surface area (Å²) in [6.07, 6.45) is 2.09. The van der Waals surface area contributed by atoms with Crippen molar-refractivity contribution in [2.75, 3.05) is 26.0 Å². The van der Waals surface area contributed by atoms with Gasteiger partial charge >= 0.3 is 5.97 Å². The fourth-order valence-corrected chi connectivity index (χ4v) is 3.88. The zero-order valence-corrected chi connectivity index (χ0v) is 14.3. The standard InChI is InChI=1S/C14H28N2O4S/c1-14(2,3)16-9-7-12(8-10-16)15-21(18,19)11-5-6-13(17)20-4/h12,15H,5-11H2,1-4H3. The number of carbonyl (C=O) groups excluding carboxylic acids is 1. The molecule has 1 rings (SSSR count). The molecular formula is C14H28N2O4S. The minimum atomic E-state index is -3.31. The molecule has 0 aromatic carbocycles. The van der Waals surface area contributed by atoms with Gasteiger partial charge < -0.3 is 4.74 Å². The van der Waals surface area contributed by atoms with Gasteiger partial charge in [-0.3, -0.25) is 9.69 Å². The summed E-state index contributed by atoms with van der Waals surface area (Å²) in [5, 5.41) is 0. The third-order valence-corrected chi connectivity index (χ3v) is 5.33. The molecule has 6 nitrogen and oxygen atoms in total. The summed E-state index contributed by atoms with van der Waals surface area (Å²) < 4.78 is 31.2. The number of carbonyl (C=O) groups is 1. The van der Waals surface area contributed by atoms with Crippen LogP contribution in [0.1, 0.15) is 46.5 Å². The van der Waals surface area contributed by atoms with Crippen LogP contribution in [0.5, 0.6) is 0 Å². The molecule has 1 saturated heterocycles. The molecule has 7 heteroatoms. The van der Waals surface area contributed by atoms with Crippen molar-refractivity contribution >= 4 is 16.0 Å². The summed E-state index contributed by atoms with van der Waals surface area (Å²) in [6.45, 7) is 8.32. The van der Waals surface area contributed by atoms with Crippen LogP contribution in [-0.4, -0.2) is 56.8 Å². The van der Waals surface area contributed by atoms with Gasteiger partial charge in [-0.05, 0) is 40.0 Å². The third kappa shape index (κ3) is 6.76. The first-order chi connectivity index (χ1) is 9.64. The quantitative estimate of drug-likeness (QED) is 0.742. The van der Waals surface area contributed by atoms with Crippen LogP contribution in [0, 0.1) is 0 Å². The molecule has 124 valence electrons. The van der Waals surface area contributed by atoms with Crippen LogP contribution < -0.4 is 4.72 Å². The zero-order valence-electron chi connectivity index (χ0n) is 13.5. The summed E-state index contributed by atoms with van der Waals surface area (Å²) in [6, 6.07) is 0.00623. The van der Waals surface area contributed by atoms with Gasteiger partial charge in [-0.2, -0.15) is 0 Å². The van der Waals surface area contributed by atoms with E-state index < -0.39 is 10.0 Å². The van der Waals surface area contributed by atoms with Gasteiger partial charge in [-0.1, -0.05) is 0 Å². The monoisotopic (exact) mass is 320 g/mol. The molecule has 21 heavy (non-hydrogen) atoms. The average Bonchev–Trinajstić information content (AvgIpc) is 2.37. The number of methoxy groups -OCH3 is 1. The van der Waals surface area contributed by atoms with Crippen molar-refractivity contribution in [3.63, 3.8) is 0 Å². The lowest BCUT2D eigenvalue weighted by molar-refractivity contribution is -0.140. The number of ether oxygens (including phenoxy) is 1. The van der Waals surface area contributed by atoms with Gasteiger partial charge in [0, 0.05) is 31.1 Å². The highest BCUT2D eigenvalue weighted by atomic mass is 32.2. The maximum absolute atomic E-state index is 12.0. The van der Waals surface area contributed by atoms with E-state index in [9.17, 15) is 13.2 Å². The van der Waals surface area contributed by atoms with Crippen LogP contribution in [0.4, 0.5) is 0 Å². The van der Waals surface area contributed by atoms with Crippen molar-refractivity contribution in [3.05, 3.63) is 0 Å². The Kier molecular flexibility index (Phi) is 6.62. The molecule has 0 saturated carbocycles. The van der Waals surface area contributed by atoms with Crippen LogP contribution >= 0.6 is 0 Å². The molecule has 1 aliphatic rings. The van der Waals surface area contributed by atoms with E-state index in [1.54, 1.807) is 0 Å². The number of hydrogen-bond acceptors (Lipinski definition) is 5. The minimum absolute atomic E-state index is 0.00623. The van der Waals surface area contributed by atoms with Gasteiger partial charge in [0.15, 0.2) is 0 Å². The summed E-state index contributed by atoms with van der Waals surface area (Å²) in [4.78, 5) is 13.3. The predicted octanol–water partition coefficient (Wildman–Crippen LogP) is 1.12. The van der Waals surface area contributed by atoms with Crippen molar-refractivity contribution in [2.45, 2.75) is 58.0 Å². The van der Waals surface area contributed by atoms with Crippen LogP contribution in [0.15, 0.2) is 0 Å². The molecule has 0 aromatic rings. The van der Waals surface area contributed by atoms with Crippen LogP contribution in [-0.2, 0) is 19.6 Å². The maximum atomic E-state index is 12.0. The molecule has 1 N–H and O–H groups in total. The number of rotatable bonds is 6. The molecule has 1 aliphatic heterocycles. The number of piperidine rings is 1. The van der Waals surface area contributed by atoms with E-state index in [4.69, 9.17) is 0 Å². The summed E-state index contributed by atoms with van der Waals surface area (Å²) in [5.41, 5.74) is 0.129. The average molecular weight is 320 g/mol. The van der Waals surface area contributed by atoms with Gasteiger partial charge in [-0.25, -0.2) is 13.1 Å². The molecule has 0 aromatic heterocycles. The van der Waals surface area contributed by atoms with Gasteiger partial charge in [0.1, 0.15) is 0 Å². The summed E-state index contributed by atoms with van der Waals surface area (Å²) in [5.74, 6) is -0.398. The van der Waals surface area contributed by atoms with E-state index in [0.717, 1.165) is 25.9 Å². The van der Waals surface area contributed by atoms with Crippen molar-refractivity contribution in [1.82, 2.24) is 9.62 Å². The lowest BCUT2D eigenvalue weighted by atomic mass is 9.99. The molecule has 1 heterocycles. The lowest BCUT2D eigenvalue weighted by Gasteiger charge is -2.40. The van der Waals surface area contributed by atoms with E-state index in [-0.39, 0.29) is 29.7 Å². The second-order valence-electron chi connectivity index (χ2n) is 6.55. The topological polar surface area (TPSA) is 75.7 Å². The largest absolute Gasteiger partial charge is 0.469 e. The van der Waals surface area contributed by atoms with Gasteiger partial charge in [0.2, 0.25) is 10.0 Å². The molecule has 0 amide bonds. The summed E-state index contributed by atoms with van der Waals surface area (Å²) in [7, 11) is -2.01. The molecule has 0 aliphatic carbocycles. The Bertz CT molecular complexity index is 434. The van der Waals surface area contributed by atoms with E-state index >= 15 is 0 Å². The molecule has 0 spiro atoms. The Balaban J connectivity index is 2.35. The van der Waals surface area contributed by atoms with Crippen molar-refractivity contribution in [3.8, 4) is 0 Å². The first kappa shape index (κ1) is 18.4. The van der Waals surface area contributed by atoms with E-state index in [1.807, 2.05) is 0 Å². The number of esters is 1. The number of sulfonamides is 1. The van der Waals surface area contributed by atoms with Crippen molar-refractivity contribution in [2.24, 2.45) is 0 Å². The first-order valence-corrected chi connectivity index (χ1v) is 9.11. The maximum Gasteiger partial charge on any atom is 0.305 e. The summed E-state index contributed by atoms with van der Waals surface area (Å²) >= 11 is 0. The fourth-order valence-electron chi connectivity index (χ4n) is 2.49. The predicted molar refractivity (Wildman–Crippen MR) is 82.5 cm³/mol. The molecule has 0 radical (unpaired) electrons. The Morgan fingerprint density at radius 3 is 2.33 bits per heavy atom. The highest BCUT2D eigenvalue weighted by Gasteiger charge is 2.28. The van der Waals surface area contributed by atoms with Crippen molar-refractivity contribution in [1.29, 1.82) is 0 Å². The molecule has 0 unspecified atom stereocenters. The van der Waals surface area contributed by atoms with Crippen LogP contribution in [0.25, 0.3) is 0 Å². The van der Waals surface area contributed by atoms with Crippen LogP contribution in [0.3, 0.4) is 0 Å². The highest BCUT2D eigenvalue weighted by molar-refractivity contribution is 7.89. The molecule has 0 bridgehead atoms. The normalized spacial score (nSPS) is 18.7. The fraction of sp³-hybridized carbons (Fsp3) is 0.929. The SMILES string of the molecule is COC(=O)CCCS(=O)(=O)NC1CCN(C(C)(C)C)CC1. The molecule has 0 atom stereocenters. The lowest BCUT2D eigenvalue weighted by Crippen LogP contribution is -2.51. The van der Waals surface area contributed by atoms with E-state index in [2.05, 4.69) is 35.1 Å². The highest BCUT2D eigenvalue weighted by Crippen LogP contribution is 2.20. The Hall–Kier alpha value is -0.660. The first-order valence-electron chi connectivity index (χ1n) is 7.46. The van der Waals surface area contributed by atoms with Gasteiger partial charge in [-0.15, -0.1) is 0 Å². The molecule has 1 fully saturated rings. The van der Waals surface area contributed by atoms with E-state index in [1.165, 1.54) is 7.11 Å². The molecular weight excluding hydrogens is 292 g/mol. The second kappa shape index (κ2) is 7.56. The van der Waals surface area contributed by atoms with Gasteiger partial charge in [0.05, 0.1) is 12.9 Å². The minimum Gasteiger partial charge on any atom is -0.469 e. The van der Waals surface area contributed by atoms with Crippen LogP contribution in [0.2, 0.25) is 0 Å². The number of nitrogens with zero attached hydrogens (tertiary/aromatic N) is 1. The number of hydrogen-bond donors (Lipinski definition) is 1. The van der Waals surface area contributed by atoms with Crippen molar-refractivity contribution < 1.29 is 17.9 Å². The zero-order chi connectivity index (χ0) is 16.1. The Labute approximate surface area is 128 Å². The number of likely N-dealkylation sites (tertiary alicyclic amines) is 1. The Morgan fingerprint density at radius 2 is 1.86 bits per heavy atom. The smallest absolute Gasteiger partial charge is 0.305 e. The third-order valence-electron chi connectivity index (χ3n) is 3.81. The second-order valence-corrected chi connectivity index (χ2v) is 8.42. The number of nitrogens with one attached hydrogen (secondary N) is 1. The van der Waals surface area contributed by atoms with E-state index in [0.29, 0.717) is 6.42 Å². The Morgan fingerprint density at radius 1 is 1.29 bits per heavy atom.